The van der Waals surface area contributed by atoms with Crippen LogP contribution in [0.15, 0.2) is 42.5 Å². The van der Waals surface area contributed by atoms with Crippen LogP contribution in [0.4, 0.5) is 0 Å². The maximum atomic E-state index is 9.73. The Morgan fingerprint density at radius 1 is 1.05 bits per heavy atom. The summed E-state index contributed by atoms with van der Waals surface area (Å²) in [4.78, 5) is 0. The molecule has 1 aliphatic rings. The van der Waals surface area contributed by atoms with Crippen LogP contribution in [0.5, 0.6) is 0 Å². The van der Waals surface area contributed by atoms with Gasteiger partial charge in [0.25, 0.3) is 0 Å². The lowest BCUT2D eigenvalue weighted by Gasteiger charge is -2.40. The second kappa shape index (κ2) is 6.42. The molecule has 0 radical (unpaired) electrons. The summed E-state index contributed by atoms with van der Waals surface area (Å²) in [6.45, 7) is 5.04. The van der Waals surface area contributed by atoms with Crippen molar-refractivity contribution >= 4 is 10.8 Å². The highest BCUT2D eigenvalue weighted by Crippen LogP contribution is 2.43. The quantitative estimate of drug-likeness (QED) is 0.821. The topological polar surface area (TPSA) is 20.2 Å². The Kier molecular flexibility index (Phi) is 4.54. The van der Waals surface area contributed by atoms with Crippen molar-refractivity contribution in [3.8, 4) is 0 Å². The van der Waals surface area contributed by atoms with Crippen LogP contribution in [0.1, 0.15) is 45.1 Å². The summed E-state index contributed by atoms with van der Waals surface area (Å²) in [5.74, 6) is 1.17. The van der Waals surface area contributed by atoms with E-state index in [1.165, 1.54) is 42.0 Å². The van der Waals surface area contributed by atoms with Crippen molar-refractivity contribution in [1.29, 1.82) is 0 Å². The molecule has 118 valence electrons. The molecule has 1 nitrogen and oxygen atoms in total. The molecule has 22 heavy (non-hydrogen) atoms. The first kappa shape index (κ1) is 15.6. The number of benzene rings is 2. The van der Waals surface area contributed by atoms with Crippen LogP contribution in [0.3, 0.4) is 0 Å². The van der Waals surface area contributed by atoms with E-state index in [9.17, 15) is 5.11 Å². The number of aliphatic hydroxyl groups is 1. The molecule has 0 spiro atoms. The van der Waals surface area contributed by atoms with Crippen LogP contribution in [-0.2, 0) is 6.42 Å². The van der Waals surface area contributed by atoms with Crippen molar-refractivity contribution in [3.05, 3.63) is 48.0 Å². The highest BCUT2D eigenvalue weighted by atomic mass is 16.3. The minimum absolute atomic E-state index is 0.353. The van der Waals surface area contributed by atoms with Crippen LogP contribution in [0.2, 0.25) is 0 Å². The van der Waals surface area contributed by atoms with Crippen LogP contribution in [0, 0.1) is 17.3 Å². The fraction of sp³-hybridized carbons (Fsp3) is 0.524. The number of rotatable bonds is 4. The Morgan fingerprint density at radius 3 is 2.59 bits per heavy atom. The average Bonchev–Trinajstić information content (AvgIpc) is 2.53. The molecular formula is C21H28O. The Labute approximate surface area is 134 Å². The van der Waals surface area contributed by atoms with E-state index in [0.717, 1.165) is 6.42 Å². The number of fused-ring (bicyclic) bond motifs is 1. The Morgan fingerprint density at radius 2 is 1.82 bits per heavy atom. The lowest BCUT2D eigenvalue weighted by atomic mass is 9.66. The van der Waals surface area contributed by atoms with E-state index in [-0.39, 0.29) is 0 Å². The summed E-state index contributed by atoms with van der Waals surface area (Å²) in [7, 11) is 0. The zero-order valence-electron chi connectivity index (χ0n) is 13.9. The van der Waals surface area contributed by atoms with E-state index in [1.807, 2.05) is 0 Å². The predicted octanol–water partition coefficient (Wildman–Crippen LogP) is 5.21. The highest BCUT2D eigenvalue weighted by Gasteiger charge is 2.33. The summed E-state index contributed by atoms with van der Waals surface area (Å²) in [6.07, 6.45) is 6.08. The van der Waals surface area contributed by atoms with Gasteiger partial charge in [0, 0.05) is 6.61 Å². The zero-order valence-corrected chi connectivity index (χ0v) is 13.9. The summed E-state index contributed by atoms with van der Waals surface area (Å²) >= 11 is 0. The third-order valence-corrected chi connectivity index (χ3v) is 5.53. The zero-order chi connectivity index (χ0) is 15.6. The van der Waals surface area contributed by atoms with Crippen LogP contribution in [0.25, 0.3) is 10.8 Å². The van der Waals surface area contributed by atoms with E-state index < -0.39 is 0 Å². The molecule has 2 atom stereocenters. The largest absolute Gasteiger partial charge is 0.396 e. The van der Waals surface area contributed by atoms with Gasteiger partial charge in [-0.25, -0.2) is 0 Å². The van der Waals surface area contributed by atoms with Crippen LogP contribution >= 0.6 is 0 Å². The normalized spacial score (nSPS) is 24.5. The fourth-order valence-corrected chi connectivity index (χ4v) is 4.13. The molecule has 0 bridgehead atoms. The lowest BCUT2D eigenvalue weighted by Crippen LogP contribution is -2.32. The third-order valence-electron chi connectivity index (χ3n) is 5.53. The maximum absolute atomic E-state index is 9.73. The molecule has 2 aromatic rings. The molecule has 3 rings (SSSR count). The monoisotopic (exact) mass is 296 g/mol. The second-order valence-electron chi connectivity index (χ2n) is 7.83. The van der Waals surface area contributed by atoms with Gasteiger partial charge in [0.1, 0.15) is 0 Å². The molecule has 0 aliphatic heterocycles. The molecule has 2 aromatic carbocycles. The molecule has 1 saturated carbocycles. The molecule has 1 heteroatoms. The molecule has 0 heterocycles. The van der Waals surface area contributed by atoms with Gasteiger partial charge in [0.05, 0.1) is 0 Å². The van der Waals surface area contributed by atoms with Crippen LogP contribution < -0.4 is 0 Å². The van der Waals surface area contributed by atoms with Crippen molar-refractivity contribution < 1.29 is 5.11 Å². The summed E-state index contributed by atoms with van der Waals surface area (Å²) < 4.78 is 0. The molecule has 0 amide bonds. The molecule has 2 unspecified atom stereocenters. The fourth-order valence-electron chi connectivity index (χ4n) is 4.13. The van der Waals surface area contributed by atoms with E-state index in [2.05, 4.69) is 56.3 Å². The van der Waals surface area contributed by atoms with Gasteiger partial charge >= 0.3 is 0 Å². The van der Waals surface area contributed by atoms with E-state index >= 15 is 0 Å². The van der Waals surface area contributed by atoms with Gasteiger partial charge in [-0.3, -0.25) is 0 Å². The smallest absolute Gasteiger partial charge is 0.0462 e. The van der Waals surface area contributed by atoms with Crippen molar-refractivity contribution in [3.63, 3.8) is 0 Å². The number of aliphatic hydroxyl groups excluding tert-OH is 1. The van der Waals surface area contributed by atoms with Crippen LogP contribution in [-0.4, -0.2) is 11.7 Å². The highest BCUT2D eigenvalue weighted by molar-refractivity contribution is 5.82. The predicted molar refractivity (Wildman–Crippen MR) is 94.0 cm³/mol. The van der Waals surface area contributed by atoms with Gasteiger partial charge in [-0.1, -0.05) is 56.3 Å². The molecular weight excluding hydrogens is 268 g/mol. The first-order valence-electron chi connectivity index (χ1n) is 8.66. The summed E-state index contributed by atoms with van der Waals surface area (Å²) in [6, 6.07) is 15.4. The Bertz CT molecular complexity index is 629. The van der Waals surface area contributed by atoms with Gasteiger partial charge in [-0.15, -0.1) is 0 Å². The van der Waals surface area contributed by atoms with E-state index in [4.69, 9.17) is 0 Å². The van der Waals surface area contributed by atoms with Gasteiger partial charge in [0.15, 0.2) is 0 Å². The Balaban J connectivity index is 1.65. The standard InChI is InChI=1S/C21H28O/c1-21(2)12-11-18(20(14-21)15-22)10-8-16-7-9-17-5-3-4-6-19(17)13-16/h3-7,9,13,18,20,22H,8,10-12,14-15H2,1-2H3. The number of aryl methyl sites for hydroxylation is 1. The lowest BCUT2D eigenvalue weighted by molar-refractivity contribution is 0.0641. The van der Waals surface area contributed by atoms with E-state index in [1.54, 1.807) is 0 Å². The molecule has 1 N–H and O–H groups in total. The molecule has 1 fully saturated rings. The van der Waals surface area contributed by atoms with Gasteiger partial charge < -0.3 is 5.11 Å². The first-order valence-corrected chi connectivity index (χ1v) is 8.66. The Hall–Kier alpha value is -1.34. The molecule has 1 aliphatic carbocycles. The van der Waals surface area contributed by atoms with Crippen molar-refractivity contribution in [1.82, 2.24) is 0 Å². The van der Waals surface area contributed by atoms with Crippen molar-refractivity contribution in [2.24, 2.45) is 17.3 Å². The molecule has 0 saturated heterocycles. The minimum Gasteiger partial charge on any atom is -0.396 e. The average molecular weight is 296 g/mol. The number of hydrogen-bond acceptors (Lipinski definition) is 1. The summed E-state index contributed by atoms with van der Waals surface area (Å²) in [5, 5.41) is 12.4. The third kappa shape index (κ3) is 3.52. The number of hydrogen-bond donors (Lipinski definition) is 1. The maximum Gasteiger partial charge on any atom is 0.0462 e. The molecule has 0 aromatic heterocycles. The van der Waals surface area contributed by atoms with Gasteiger partial charge in [0.2, 0.25) is 0 Å². The van der Waals surface area contributed by atoms with E-state index in [0.29, 0.717) is 23.9 Å². The van der Waals surface area contributed by atoms with Gasteiger partial charge in [-0.2, -0.15) is 0 Å². The van der Waals surface area contributed by atoms with Crippen molar-refractivity contribution in [2.75, 3.05) is 6.61 Å². The minimum atomic E-state index is 0.353. The SMILES string of the molecule is CC1(C)CCC(CCc2ccc3ccccc3c2)C(CO)C1. The van der Waals surface area contributed by atoms with Crippen molar-refractivity contribution in [2.45, 2.75) is 46.0 Å². The summed E-state index contributed by atoms with van der Waals surface area (Å²) in [5.41, 5.74) is 1.84. The second-order valence-corrected chi connectivity index (χ2v) is 7.83. The first-order chi connectivity index (χ1) is 10.6. The van der Waals surface area contributed by atoms with Gasteiger partial charge in [-0.05, 0) is 65.7 Å².